The molecule has 0 amide bonds. The lowest BCUT2D eigenvalue weighted by molar-refractivity contribution is 0.0692. The quantitative estimate of drug-likeness (QED) is 0.549. The zero-order valence-electron chi connectivity index (χ0n) is 16.9. The Morgan fingerprint density at radius 2 is 1.87 bits per heavy atom. The number of nitrogen functional groups attached to an aromatic ring is 2. The molecule has 3 aromatic rings. The van der Waals surface area contributed by atoms with Crippen LogP contribution in [-0.2, 0) is 15.7 Å². The molecule has 31 heavy (non-hydrogen) atoms. The summed E-state index contributed by atoms with van der Waals surface area (Å²) in [5, 5.41) is 0.480. The number of hydrogen-bond donors (Lipinski definition) is 3. The van der Waals surface area contributed by atoms with Crippen LogP contribution in [0.5, 0.6) is 0 Å². The number of pyridine rings is 1. The lowest BCUT2D eigenvalue weighted by atomic mass is 10.0. The van der Waals surface area contributed by atoms with Crippen molar-refractivity contribution >= 4 is 33.7 Å². The lowest BCUT2D eigenvalue weighted by Gasteiger charge is -2.25. The van der Waals surface area contributed by atoms with Gasteiger partial charge in [-0.15, -0.1) is 0 Å². The summed E-state index contributed by atoms with van der Waals surface area (Å²) in [6, 6.07) is 7.41. The molecule has 2 aromatic heterocycles. The predicted octanol–water partition coefficient (Wildman–Crippen LogP) is 1.75. The third kappa shape index (κ3) is 3.93. The SMILES string of the molecule is Nc1ncc(-c2ccc3nc(N)n(C4CCOCC4)c(=O)c3c2)cc1S(=O)NC1CC1. The molecule has 1 aliphatic heterocycles. The van der Waals surface area contributed by atoms with Crippen LogP contribution in [0.25, 0.3) is 22.0 Å². The van der Waals surface area contributed by atoms with Gasteiger partial charge in [0, 0.05) is 37.1 Å². The van der Waals surface area contributed by atoms with Gasteiger partial charge >= 0.3 is 0 Å². The minimum atomic E-state index is -1.43. The number of anilines is 2. The Morgan fingerprint density at radius 3 is 2.61 bits per heavy atom. The fraction of sp³-hybridized carbons (Fsp3) is 0.381. The van der Waals surface area contributed by atoms with Gasteiger partial charge in [0.1, 0.15) is 16.8 Å². The Hall–Kier alpha value is -2.82. The Morgan fingerprint density at radius 1 is 1.10 bits per heavy atom. The van der Waals surface area contributed by atoms with E-state index in [1.165, 1.54) is 0 Å². The maximum absolute atomic E-state index is 13.3. The predicted molar refractivity (Wildman–Crippen MR) is 120 cm³/mol. The van der Waals surface area contributed by atoms with Crippen LogP contribution in [0.4, 0.5) is 11.8 Å². The summed E-state index contributed by atoms with van der Waals surface area (Å²) in [4.78, 5) is 22.4. The van der Waals surface area contributed by atoms with Crippen LogP contribution in [0.15, 0.2) is 40.2 Å². The van der Waals surface area contributed by atoms with Crippen molar-refractivity contribution in [3.05, 3.63) is 40.8 Å². The average molecular weight is 441 g/mol. The molecule has 162 valence electrons. The molecule has 1 saturated heterocycles. The van der Waals surface area contributed by atoms with E-state index in [-0.39, 0.29) is 29.4 Å². The number of ether oxygens (including phenoxy) is 1. The molecular formula is C21H24N6O3S. The highest BCUT2D eigenvalue weighted by atomic mass is 32.2. The molecule has 0 bridgehead atoms. The number of hydrogen-bond acceptors (Lipinski definition) is 7. The van der Waals surface area contributed by atoms with Crippen molar-refractivity contribution in [3.63, 3.8) is 0 Å². The van der Waals surface area contributed by atoms with E-state index in [4.69, 9.17) is 16.2 Å². The Kier molecular flexibility index (Phi) is 5.20. The van der Waals surface area contributed by atoms with Gasteiger partial charge in [0.15, 0.2) is 0 Å². The van der Waals surface area contributed by atoms with Gasteiger partial charge in [-0.05, 0) is 49.4 Å². The molecule has 1 saturated carbocycles. The first kappa shape index (κ1) is 20.1. The number of nitrogens with two attached hydrogens (primary N) is 2. The van der Waals surface area contributed by atoms with Crippen molar-refractivity contribution < 1.29 is 8.95 Å². The highest BCUT2D eigenvalue weighted by molar-refractivity contribution is 7.83. The molecule has 5 rings (SSSR count). The molecule has 1 aromatic carbocycles. The lowest BCUT2D eigenvalue weighted by Crippen LogP contribution is -2.31. The molecule has 1 aliphatic carbocycles. The van der Waals surface area contributed by atoms with E-state index in [1.807, 2.05) is 6.07 Å². The van der Waals surface area contributed by atoms with Gasteiger partial charge in [-0.1, -0.05) is 6.07 Å². The van der Waals surface area contributed by atoms with Crippen molar-refractivity contribution in [2.45, 2.75) is 42.7 Å². The normalized spacial score (nSPS) is 18.3. The molecule has 5 N–H and O–H groups in total. The van der Waals surface area contributed by atoms with Gasteiger partial charge in [-0.2, -0.15) is 0 Å². The smallest absolute Gasteiger partial charge is 0.263 e. The van der Waals surface area contributed by atoms with E-state index >= 15 is 0 Å². The van der Waals surface area contributed by atoms with Crippen LogP contribution in [0, 0.1) is 0 Å². The van der Waals surface area contributed by atoms with E-state index in [0.717, 1.165) is 36.8 Å². The van der Waals surface area contributed by atoms with Gasteiger partial charge in [0.25, 0.3) is 5.56 Å². The molecule has 2 fully saturated rings. The molecule has 2 aliphatic rings. The zero-order chi connectivity index (χ0) is 21.5. The van der Waals surface area contributed by atoms with Gasteiger partial charge in [0.05, 0.1) is 15.8 Å². The van der Waals surface area contributed by atoms with Crippen molar-refractivity contribution in [1.82, 2.24) is 19.3 Å². The maximum atomic E-state index is 13.3. The van der Waals surface area contributed by atoms with Crippen molar-refractivity contribution in [1.29, 1.82) is 0 Å². The van der Waals surface area contributed by atoms with Crippen LogP contribution in [-0.4, -0.2) is 38.0 Å². The zero-order valence-corrected chi connectivity index (χ0v) is 17.7. The molecule has 9 nitrogen and oxygen atoms in total. The number of nitrogens with one attached hydrogen (secondary N) is 1. The average Bonchev–Trinajstić information content (AvgIpc) is 3.59. The number of fused-ring (bicyclic) bond motifs is 1. The summed E-state index contributed by atoms with van der Waals surface area (Å²) < 4.78 is 22.6. The topological polar surface area (TPSA) is 138 Å². The van der Waals surface area contributed by atoms with Crippen LogP contribution in [0.2, 0.25) is 0 Å². The van der Waals surface area contributed by atoms with E-state index in [0.29, 0.717) is 29.0 Å². The summed E-state index contributed by atoms with van der Waals surface area (Å²) >= 11 is 0. The number of nitrogens with zero attached hydrogens (tertiary/aromatic N) is 3. The largest absolute Gasteiger partial charge is 0.383 e. The van der Waals surface area contributed by atoms with Crippen LogP contribution in [0.1, 0.15) is 31.7 Å². The second-order valence-corrected chi connectivity index (χ2v) is 9.20. The Bertz CT molecular complexity index is 1230. The van der Waals surface area contributed by atoms with Crippen LogP contribution >= 0.6 is 0 Å². The Balaban J connectivity index is 1.56. The minimum absolute atomic E-state index is 0.0254. The second kappa shape index (κ2) is 8.03. The van der Waals surface area contributed by atoms with Crippen molar-refractivity contribution in [2.24, 2.45) is 0 Å². The molecule has 3 heterocycles. The molecule has 1 unspecified atom stereocenters. The van der Waals surface area contributed by atoms with E-state index in [9.17, 15) is 9.00 Å². The van der Waals surface area contributed by atoms with Gasteiger partial charge in [-0.3, -0.25) is 9.36 Å². The highest BCUT2D eigenvalue weighted by Gasteiger charge is 2.25. The van der Waals surface area contributed by atoms with Gasteiger partial charge < -0.3 is 16.2 Å². The molecule has 10 heteroatoms. The van der Waals surface area contributed by atoms with Crippen molar-refractivity contribution in [3.8, 4) is 11.1 Å². The Labute approximate surface area is 181 Å². The third-order valence-electron chi connectivity index (χ3n) is 5.75. The van der Waals surface area contributed by atoms with Crippen LogP contribution in [0.3, 0.4) is 0 Å². The fourth-order valence-electron chi connectivity index (χ4n) is 3.87. The molecule has 1 atom stereocenters. The number of aromatic nitrogens is 3. The first-order chi connectivity index (χ1) is 15.0. The van der Waals surface area contributed by atoms with Crippen LogP contribution < -0.4 is 21.7 Å². The minimum Gasteiger partial charge on any atom is -0.383 e. The molecular weight excluding hydrogens is 416 g/mol. The third-order valence-corrected chi connectivity index (χ3v) is 7.02. The van der Waals surface area contributed by atoms with Crippen molar-refractivity contribution in [2.75, 3.05) is 24.7 Å². The summed E-state index contributed by atoms with van der Waals surface area (Å²) in [5.74, 6) is 0.447. The maximum Gasteiger partial charge on any atom is 0.263 e. The number of rotatable bonds is 5. The molecule has 0 spiro atoms. The number of benzene rings is 1. The van der Waals surface area contributed by atoms with E-state index in [1.54, 1.807) is 29.0 Å². The van der Waals surface area contributed by atoms with Gasteiger partial charge in [-0.25, -0.2) is 18.9 Å². The summed E-state index contributed by atoms with van der Waals surface area (Å²) in [5.41, 5.74) is 14.0. The van der Waals surface area contributed by atoms with E-state index in [2.05, 4.69) is 14.7 Å². The van der Waals surface area contributed by atoms with E-state index < -0.39 is 11.0 Å². The highest BCUT2D eigenvalue weighted by Crippen LogP contribution is 2.28. The second-order valence-electron chi connectivity index (χ2n) is 7.99. The fourth-order valence-corrected chi connectivity index (χ4v) is 5.01. The summed E-state index contributed by atoms with van der Waals surface area (Å²) in [6.45, 7) is 1.20. The standard InChI is InChI=1S/C21H24N6O3S/c22-19-18(31(29)26-14-2-3-14)10-13(11-24-19)12-1-4-17-16(9-12)20(28)27(21(23)25-17)15-5-7-30-8-6-15/h1,4,9-11,14-15,26H,2-3,5-8H2,(H2,22,24)(H2,23,25). The molecule has 0 radical (unpaired) electrons. The van der Waals surface area contributed by atoms with Gasteiger partial charge in [0.2, 0.25) is 5.95 Å². The first-order valence-electron chi connectivity index (χ1n) is 10.3. The summed E-state index contributed by atoms with van der Waals surface area (Å²) in [7, 11) is -1.43. The first-order valence-corrected chi connectivity index (χ1v) is 11.5. The monoisotopic (exact) mass is 440 g/mol. The summed E-state index contributed by atoms with van der Waals surface area (Å²) in [6.07, 6.45) is 5.10.